The molecule has 0 unspecified atom stereocenters. The van der Waals surface area contributed by atoms with Gasteiger partial charge in [0.05, 0.1) is 4.90 Å². The zero-order valence-corrected chi connectivity index (χ0v) is 12.6. The highest BCUT2D eigenvalue weighted by atomic mass is 32.2. The van der Waals surface area contributed by atoms with E-state index in [1.54, 1.807) is 6.92 Å². The van der Waals surface area contributed by atoms with Gasteiger partial charge in [0, 0.05) is 5.69 Å². The maximum absolute atomic E-state index is 11.7. The van der Waals surface area contributed by atoms with E-state index in [9.17, 15) is 13.2 Å². The van der Waals surface area contributed by atoms with Gasteiger partial charge in [0.1, 0.15) is 6.61 Å². The molecule has 0 spiro atoms. The summed E-state index contributed by atoms with van der Waals surface area (Å²) in [4.78, 5) is 11.4. The third-order valence-electron chi connectivity index (χ3n) is 2.93. The van der Waals surface area contributed by atoms with Crippen LogP contribution in [0.3, 0.4) is 0 Å². The molecule has 0 saturated carbocycles. The third kappa shape index (κ3) is 4.31. The van der Waals surface area contributed by atoms with Gasteiger partial charge in [-0.05, 0) is 30.2 Å². The van der Waals surface area contributed by atoms with Crippen molar-refractivity contribution in [1.82, 2.24) is 0 Å². The fraction of sp³-hybridized carbons (Fsp3) is 0.133. The number of anilines is 1. The minimum Gasteiger partial charge on any atom is -0.444 e. The molecule has 6 nitrogen and oxygen atoms in total. The van der Waals surface area contributed by atoms with E-state index in [2.05, 4.69) is 5.32 Å². The number of hydrogen-bond donors (Lipinski definition) is 2. The molecule has 0 aliphatic carbocycles. The summed E-state index contributed by atoms with van der Waals surface area (Å²) in [6.07, 6.45) is -0.714. The molecule has 0 aromatic heterocycles. The molecule has 0 aliphatic rings. The largest absolute Gasteiger partial charge is 0.444 e. The Labute approximate surface area is 128 Å². The number of hydrogen-bond acceptors (Lipinski definition) is 4. The van der Waals surface area contributed by atoms with Crippen LogP contribution in [-0.2, 0) is 21.5 Å². The van der Waals surface area contributed by atoms with E-state index in [0.717, 1.165) is 5.56 Å². The SMILES string of the molecule is Cc1ccc(NC(=O)OCc2ccccc2)cc1S(=O)(=O)O. The van der Waals surface area contributed by atoms with Crippen molar-refractivity contribution in [2.24, 2.45) is 0 Å². The van der Waals surface area contributed by atoms with Crippen LogP contribution in [-0.4, -0.2) is 19.1 Å². The molecule has 0 fully saturated rings. The van der Waals surface area contributed by atoms with Gasteiger partial charge in [-0.25, -0.2) is 4.79 Å². The summed E-state index contributed by atoms with van der Waals surface area (Å²) in [7, 11) is -4.34. The number of nitrogens with one attached hydrogen (secondary N) is 1. The van der Waals surface area contributed by atoms with Crippen LogP contribution in [0.25, 0.3) is 0 Å². The van der Waals surface area contributed by atoms with E-state index in [4.69, 9.17) is 9.29 Å². The van der Waals surface area contributed by atoms with Gasteiger partial charge < -0.3 is 4.74 Å². The Morgan fingerprint density at radius 3 is 2.50 bits per heavy atom. The second-order valence-corrected chi connectivity index (χ2v) is 6.03. The van der Waals surface area contributed by atoms with Crippen LogP contribution in [0.15, 0.2) is 53.4 Å². The van der Waals surface area contributed by atoms with Crippen molar-refractivity contribution in [1.29, 1.82) is 0 Å². The maximum Gasteiger partial charge on any atom is 0.411 e. The van der Waals surface area contributed by atoms with E-state index in [-0.39, 0.29) is 17.2 Å². The monoisotopic (exact) mass is 321 g/mol. The molecular weight excluding hydrogens is 306 g/mol. The number of carbonyl (C=O) groups is 1. The van der Waals surface area contributed by atoms with Crippen LogP contribution < -0.4 is 5.32 Å². The third-order valence-corrected chi connectivity index (χ3v) is 3.92. The molecule has 116 valence electrons. The van der Waals surface area contributed by atoms with Crippen LogP contribution in [0.4, 0.5) is 10.5 Å². The van der Waals surface area contributed by atoms with E-state index in [0.29, 0.717) is 5.56 Å². The molecule has 0 aliphatic heterocycles. The molecule has 2 N–H and O–H groups in total. The van der Waals surface area contributed by atoms with Crippen LogP contribution in [0.1, 0.15) is 11.1 Å². The van der Waals surface area contributed by atoms with Crippen LogP contribution in [0, 0.1) is 6.92 Å². The summed E-state index contributed by atoms with van der Waals surface area (Å²) in [6.45, 7) is 1.64. The highest BCUT2D eigenvalue weighted by molar-refractivity contribution is 7.85. The molecule has 0 bridgehead atoms. The number of amides is 1. The first-order chi connectivity index (χ1) is 10.4. The summed E-state index contributed by atoms with van der Waals surface area (Å²) in [5, 5.41) is 2.42. The van der Waals surface area contributed by atoms with Crippen molar-refractivity contribution < 1.29 is 22.5 Å². The molecule has 1 amide bonds. The summed E-state index contributed by atoms with van der Waals surface area (Å²) < 4.78 is 36.6. The molecular formula is C15H15NO5S. The summed E-state index contributed by atoms with van der Waals surface area (Å²) >= 11 is 0. The van der Waals surface area contributed by atoms with E-state index in [1.807, 2.05) is 30.3 Å². The fourth-order valence-corrected chi connectivity index (χ4v) is 2.58. The van der Waals surface area contributed by atoms with Crippen molar-refractivity contribution in [3.05, 3.63) is 59.7 Å². The predicted octanol–water partition coefficient (Wildman–Crippen LogP) is 2.99. The van der Waals surface area contributed by atoms with Crippen molar-refractivity contribution in [2.45, 2.75) is 18.4 Å². The Balaban J connectivity index is 2.03. The minimum atomic E-state index is -4.34. The van der Waals surface area contributed by atoms with Crippen LogP contribution in [0.2, 0.25) is 0 Å². The average Bonchev–Trinajstić information content (AvgIpc) is 2.47. The predicted molar refractivity (Wildman–Crippen MR) is 81.2 cm³/mol. The number of benzene rings is 2. The zero-order chi connectivity index (χ0) is 16.2. The Hall–Kier alpha value is -2.38. The lowest BCUT2D eigenvalue weighted by atomic mass is 10.2. The lowest BCUT2D eigenvalue weighted by molar-refractivity contribution is 0.155. The minimum absolute atomic E-state index is 0.101. The van der Waals surface area contributed by atoms with Gasteiger partial charge >= 0.3 is 6.09 Å². The zero-order valence-electron chi connectivity index (χ0n) is 11.8. The molecule has 0 radical (unpaired) electrons. The number of aryl methyl sites for hydroxylation is 1. The Bertz CT molecular complexity index is 772. The molecule has 7 heteroatoms. The highest BCUT2D eigenvalue weighted by Gasteiger charge is 2.14. The van der Waals surface area contributed by atoms with Crippen LogP contribution in [0.5, 0.6) is 0 Å². The van der Waals surface area contributed by atoms with E-state index < -0.39 is 16.2 Å². The normalized spacial score (nSPS) is 11.0. The van der Waals surface area contributed by atoms with Gasteiger partial charge in [0.25, 0.3) is 10.1 Å². The summed E-state index contributed by atoms with van der Waals surface area (Å²) in [5.74, 6) is 0. The van der Waals surface area contributed by atoms with Crippen LogP contribution >= 0.6 is 0 Å². The standard InChI is InChI=1S/C15H15NO5S/c1-11-7-8-13(9-14(11)22(18,19)20)16-15(17)21-10-12-5-3-2-4-6-12/h2-9H,10H2,1H3,(H,16,17)(H,18,19,20). The first-order valence-corrected chi connectivity index (χ1v) is 7.86. The van der Waals surface area contributed by atoms with Crippen molar-refractivity contribution in [3.8, 4) is 0 Å². The maximum atomic E-state index is 11.7. The number of carbonyl (C=O) groups excluding carboxylic acids is 1. The van der Waals surface area contributed by atoms with Crippen molar-refractivity contribution in [3.63, 3.8) is 0 Å². The lowest BCUT2D eigenvalue weighted by Crippen LogP contribution is -2.14. The Morgan fingerprint density at radius 1 is 1.18 bits per heavy atom. The van der Waals surface area contributed by atoms with Gasteiger partial charge in [0.2, 0.25) is 0 Å². The average molecular weight is 321 g/mol. The first kappa shape index (κ1) is 16.0. The first-order valence-electron chi connectivity index (χ1n) is 6.42. The molecule has 0 saturated heterocycles. The Kier molecular flexibility index (Phi) is 4.79. The van der Waals surface area contributed by atoms with Gasteiger partial charge in [-0.2, -0.15) is 8.42 Å². The smallest absolute Gasteiger partial charge is 0.411 e. The summed E-state index contributed by atoms with van der Waals surface area (Å²) in [6, 6.07) is 13.3. The van der Waals surface area contributed by atoms with Gasteiger partial charge in [0.15, 0.2) is 0 Å². The molecule has 0 heterocycles. The quantitative estimate of drug-likeness (QED) is 0.845. The molecule has 2 aromatic carbocycles. The lowest BCUT2D eigenvalue weighted by Gasteiger charge is -2.09. The summed E-state index contributed by atoms with van der Waals surface area (Å²) in [5.41, 5.74) is 1.43. The topological polar surface area (TPSA) is 92.7 Å². The fourth-order valence-electron chi connectivity index (χ4n) is 1.83. The highest BCUT2D eigenvalue weighted by Crippen LogP contribution is 2.20. The van der Waals surface area contributed by atoms with E-state index >= 15 is 0 Å². The van der Waals surface area contributed by atoms with E-state index in [1.165, 1.54) is 18.2 Å². The second kappa shape index (κ2) is 6.59. The molecule has 2 aromatic rings. The van der Waals surface area contributed by atoms with Gasteiger partial charge in [-0.15, -0.1) is 0 Å². The van der Waals surface area contributed by atoms with Crippen molar-refractivity contribution >= 4 is 21.9 Å². The molecule has 22 heavy (non-hydrogen) atoms. The Morgan fingerprint density at radius 2 is 1.86 bits per heavy atom. The number of rotatable bonds is 4. The van der Waals surface area contributed by atoms with Crippen molar-refractivity contribution in [2.75, 3.05) is 5.32 Å². The van der Waals surface area contributed by atoms with Gasteiger partial charge in [-0.1, -0.05) is 36.4 Å². The second-order valence-electron chi connectivity index (χ2n) is 4.64. The van der Waals surface area contributed by atoms with Gasteiger partial charge in [-0.3, -0.25) is 9.87 Å². The molecule has 2 rings (SSSR count). The molecule has 0 atom stereocenters. The number of ether oxygens (including phenoxy) is 1.